The number of amides is 1. The van der Waals surface area contributed by atoms with Crippen LogP contribution in [0.15, 0.2) is 63.6 Å². The number of hydrogen-bond acceptors (Lipinski definition) is 5. The van der Waals surface area contributed by atoms with Crippen molar-refractivity contribution in [3.05, 3.63) is 76.0 Å². The normalized spacial score (nSPS) is 11.3. The van der Waals surface area contributed by atoms with Gasteiger partial charge in [-0.15, -0.1) is 0 Å². The molecule has 0 aliphatic heterocycles. The number of H-pyrrole nitrogens is 1. The predicted octanol–water partition coefficient (Wildman–Crippen LogP) is 2.14. The van der Waals surface area contributed by atoms with Crippen LogP contribution < -0.4 is 10.9 Å². The Hall–Kier alpha value is -3.48. The summed E-state index contributed by atoms with van der Waals surface area (Å²) in [4.78, 5) is 30.1. The van der Waals surface area contributed by atoms with E-state index in [9.17, 15) is 9.59 Å². The monoisotopic (exact) mass is 336 g/mol. The van der Waals surface area contributed by atoms with Crippen molar-refractivity contribution in [1.29, 1.82) is 0 Å². The maximum absolute atomic E-state index is 12.1. The van der Waals surface area contributed by atoms with Gasteiger partial charge in [-0.3, -0.25) is 9.59 Å². The maximum atomic E-state index is 12.1. The molecule has 0 saturated carbocycles. The highest BCUT2D eigenvalue weighted by Gasteiger charge is 2.11. The molecule has 126 valence electrons. The van der Waals surface area contributed by atoms with Gasteiger partial charge in [0.1, 0.15) is 0 Å². The fourth-order valence-corrected chi connectivity index (χ4v) is 2.19. The van der Waals surface area contributed by atoms with Crippen LogP contribution in [-0.2, 0) is 11.3 Å². The van der Waals surface area contributed by atoms with Crippen LogP contribution >= 0.6 is 0 Å². The van der Waals surface area contributed by atoms with Crippen molar-refractivity contribution in [1.82, 2.24) is 20.4 Å². The lowest BCUT2D eigenvalue weighted by atomic mass is 10.1. The van der Waals surface area contributed by atoms with Crippen molar-refractivity contribution in [2.75, 3.05) is 0 Å². The SMILES string of the molecule is C/C(=C\c1ccccc1)C(=O)NCc1nc(-c2cc[nH]c(=O)c2)no1. The van der Waals surface area contributed by atoms with Crippen molar-refractivity contribution in [2.24, 2.45) is 0 Å². The zero-order valence-electron chi connectivity index (χ0n) is 13.5. The van der Waals surface area contributed by atoms with Crippen molar-refractivity contribution >= 4 is 12.0 Å². The third-order valence-corrected chi connectivity index (χ3v) is 3.44. The standard InChI is InChI=1S/C18H16N4O3/c1-12(9-13-5-3-2-4-6-13)18(24)20-11-16-21-17(22-25-16)14-7-8-19-15(23)10-14/h2-10H,11H2,1H3,(H,19,23)(H,20,24)/b12-9+. The number of nitrogens with zero attached hydrogens (tertiary/aromatic N) is 2. The summed E-state index contributed by atoms with van der Waals surface area (Å²) in [6, 6.07) is 12.6. The Morgan fingerprint density at radius 2 is 2.08 bits per heavy atom. The topological polar surface area (TPSA) is 101 Å². The molecule has 0 fully saturated rings. The lowest BCUT2D eigenvalue weighted by Crippen LogP contribution is -2.23. The number of benzene rings is 1. The first kappa shape index (κ1) is 16.4. The number of hydrogen-bond donors (Lipinski definition) is 2. The Labute approximate surface area is 143 Å². The van der Waals surface area contributed by atoms with Gasteiger partial charge in [-0.25, -0.2) is 0 Å². The lowest BCUT2D eigenvalue weighted by molar-refractivity contribution is -0.117. The van der Waals surface area contributed by atoms with E-state index in [4.69, 9.17) is 4.52 Å². The molecule has 0 radical (unpaired) electrons. The Morgan fingerprint density at radius 3 is 2.84 bits per heavy atom. The number of aromatic amines is 1. The van der Waals surface area contributed by atoms with Gasteiger partial charge in [-0.2, -0.15) is 4.98 Å². The van der Waals surface area contributed by atoms with E-state index >= 15 is 0 Å². The largest absolute Gasteiger partial charge is 0.343 e. The predicted molar refractivity (Wildman–Crippen MR) is 92.3 cm³/mol. The minimum atomic E-state index is -0.251. The minimum absolute atomic E-state index is 0.106. The van der Waals surface area contributed by atoms with Crippen LogP contribution in [0.25, 0.3) is 17.5 Å². The molecule has 1 aromatic carbocycles. The molecule has 7 nitrogen and oxygen atoms in total. The molecule has 0 unspecified atom stereocenters. The molecule has 7 heteroatoms. The van der Waals surface area contributed by atoms with Gasteiger partial charge >= 0.3 is 0 Å². The third kappa shape index (κ3) is 4.29. The number of aromatic nitrogens is 3. The molecular weight excluding hydrogens is 320 g/mol. The molecule has 0 aliphatic rings. The molecular formula is C18H16N4O3. The van der Waals surface area contributed by atoms with Crippen LogP contribution in [-0.4, -0.2) is 21.0 Å². The highest BCUT2D eigenvalue weighted by molar-refractivity contribution is 5.97. The number of pyridine rings is 1. The second kappa shape index (κ2) is 7.39. The molecule has 1 amide bonds. The average molecular weight is 336 g/mol. The van der Waals surface area contributed by atoms with E-state index in [-0.39, 0.29) is 23.9 Å². The summed E-state index contributed by atoms with van der Waals surface area (Å²) in [7, 11) is 0. The summed E-state index contributed by atoms with van der Waals surface area (Å²) in [6.45, 7) is 1.84. The smallest absolute Gasteiger partial charge is 0.248 e. The van der Waals surface area contributed by atoms with E-state index in [1.807, 2.05) is 30.3 Å². The molecule has 2 aromatic heterocycles. The number of nitrogens with one attached hydrogen (secondary N) is 2. The summed E-state index contributed by atoms with van der Waals surface area (Å²) in [5.41, 5.74) is 1.81. The molecule has 25 heavy (non-hydrogen) atoms. The highest BCUT2D eigenvalue weighted by Crippen LogP contribution is 2.12. The highest BCUT2D eigenvalue weighted by atomic mass is 16.5. The molecule has 0 saturated heterocycles. The van der Waals surface area contributed by atoms with Gasteiger partial charge in [0, 0.05) is 23.4 Å². The number of carbonyl (C=O) groups is 1. The van der Waals surface area contributed by atoms with Crippen LogP contribution in [0.1, 0.15) is 18.4 Å². The molecule has 3 aromatic rings. The Balaban J connectivity index is 1.63. The molecule has 3 rings (SSSR count). The molecule has 0 spiro atoms. The van der Waals surface area contributed by atoms with E-state index in [0.717, 1.165) is 5.56 Å². The average Bonchev–Trinajstić information content (AvgIpc) is 3.09. The first-order chi connectivity index (χ1) is 12.1. The van der Waals surface area contributed by atoms with E-state index in [1.165, 1.54) is 12.3 Å². The summed E-state index contributed by atoms with van der Waals surface area (Å²) >= 11 is 0. The van der Waals surface area contributed by atoms with Crippen LogP contribution in [0, 0.1) is 0 Å². The van der Waals surface area contributed by atoms with Gasteiger partial charge in [-0.05, 0) is 24.6 Å². The summed E-state index contributed by atoms with van der Waals surface area (Å²) in [6.07, 6.45) is 3.30. The Morgan fingerprint density at radius 1 is 1.28 bits per heavy atom. The number of carbonyl (C=O) groups excluding carboxylic acids is 1. The van der Waals surface area contributed by atoms with Gasteiger partial charge in [0.15, 0.2) is 0 Å². The lowest BCUT2D eigenvalue weighted by Gasteiger charge is -2.02. The molecule has 2 heterocycles. The molecule has 0 aliphatic carbocycles. The van der Waals surface area contributed by atoms with Gasteiger partial charge in [0.05, 0.1) is 6.54 Å². The van der Waals surface area contributed by atoms with Crippen molar-refractivity contribution in [3.63, 3.8) is 0 Å². The molecule has 0 bridgehead atoms. The van der Waals surface area contributed by atoms with Crippen LogP contribution in [0.5, 0.6) is 0 Å². The Bertz CT molecular complexity index is 957. The number of rotatable bonds is 5. The Kier molecular flexibility index (Phi) is 4.84. The van der Waals surface area contributed by atoms with Gasteiger partial charge < -0.3 is 14.8 Å². The second-order valence-electron chi connectivity index (χ2n) is 5.37. The second-order valence-corrected chi connectivity index (χ2v) is 5.37. The summed E-state index contributed by atoms with van der Waals surface area (Å²) in [5.74, 6) is 0.336. The van der Waals surface area contributed by atoms with Crippen molar-refractivity contribution in [3.8, 4) is 11.4 Å². The van der Waals surface area contributed by atoms with Gasteiger partial charge in [0.25, 0.3) is 0 Å². The first-order valence-corrected chi connectivity index (χ1v) is 7.65. The van der Waals surface area contributed by atoms with E-state index in [0.29, 0.717) is 17.0 Å². The van der Waals surface area contributed by atoms with E-state index in [1.54, 1.807) is 19.1 Å². The summed E-state index contributed by atoms with van der Waals surface area (Å²) < 4.78 is 5.10. The van der Waals surface area contributed by atoms with Crippen molar-refractivity contribution < 1.29 is 9.32 Å². The van der Waals surface area contributed by atoms with Gasteiger partial charge in [-0.1, -0.05) is 35.5 Å². The van der Waals surface area contributed by atoms with Crippen LogP contribution in [0.2, 0.25) is 0 Å². The zero-order valence-corrected chi connectivity index (χ0v) is 13.5. The molecule has 0 atom stereocenters. The van der Waals surface area contributed by atoms with Crippen LogP contribution in [0.3, 0.4) is 0 Å². The third-order valence-electron chi connectivity index (χ3n) is 3.44. The fraction of sp³-hybridized carbons (Fsp3) is 0.111. The minimum Gasteiger partial charge on any atom is -0.343 e. The van der Waals surface area contributed by atoms with E-state index < -0.39 is 0 Å². The quantitative estimate of drug-likeness (QED) is 0.695. The summed E-state index contributed by atoms with van der Waals surface area (Å²) in [5, 5.41) is 6.54. The molecule has 2 N–H and O–H groups in total. The first-order valence-electron chi connectivity index (χ1n) is 7.65. The fourth-order valence-electron chi connectivity index (χ4n) is 2.19. The van der Waals surface area contributed by atoms with Crippen LogP contribution in [0.4, 0.5) is 0 Å². The zero-order chi connectivity index (χ0) is 17.6. The van der Waals surface area contributed by atoms with Gasteiger partial charge in [0.2, 0.25) is 23.2 Å². The van der Waals surface area contributed by atoms with E-state index in [2.05, 4.69) is 20.4 Å². The van der Waals surface area contributed by atoms with Crippen molar-refractivity contribution in [2.45, 2.75) is 13.5 Å². The maximum Gasteiger partial charge on any atom is 0.248 e.